The third-order valence-corrected chi connectivity index (χ3v) is 2.34. The SMILES string of the molecule is CC(C)(C)[N-]CCCCC1=CC=CC1.C[N-]C.C[N-]C.[CH3-].[Zr+4]. The van der Waals surface area contributed by atoms with Crippen molar-refractivity contribution in [2.45, 2.75) is 52.0 Å². The fourth-order valence-corrected chi connectivity index (χ4v) is 1.56. The van der Waals surface area contributed by atoms with Gasteiger partial charge in [-0.15, -0.1) is 12.1 Å². The molecule has 0 aliphatic heterocycles. The minimum Gasteiger partial charge on any atom is -0.668 e. The first-order valence-corrected chi connectivity index (χ1v) is 7.40. The molecule has 0 saturated carbocycles. The van der Waals surface area contributed by atoms with Gasteiger partial charge in [0.25, 0.3) is 0 Å². The van der Waals surface area contributed by atoms with E-state index in [-0.39, 0.29) is 39.2 Å². The van der Waals surface area contributed by atoms with E-state index in [0.29, 0.717) is 0 Å². The normalized spacial score (nSPS) is 11.9. The van der Waals surface area contributed by atoms with Crippen LogP contribution in [-0.4, -0.2) is 40.3 Å². The van der Waals surface area contributed by atoms with Crippen LogP contribution in [0, 0.1) is 7.43 Å². The van der Waals surface area contributed by atoms with E-state index in [4.69, 9.17) is 0 Å². The second kappa shape index (κ2) is 21.2. The van der Waals surface area contributed by atoms with E-state index in [1.54, 1.807) is 33.8 Å². The predicted octanol–water partition coefficient (Wildman–Crippen LogP) is 5.90. The third kappa shape index (κ3) is 28.4. The van der Waals surface area contributed by atoms with Gasteiger partial charge in [-0.2, -0.15) is 28.2 Å². The minimum absolute atomic E-state index is 0. The zero-order chi connectivity index (χ0) is 15.9. The Balaban J connectivity index is -0.000000176. The van der Waals surface area contributed by atoms with Crippen LogP contribution < -0.4 is 0 Å². The molecule has 0 amide bonds. The predicted molar refractivity (Wildman–Crippen MR) is 100 cm³/mol. The van der Waals surface area contributed by atoms with Crippen LogP contribution in [-0.2, 0) is 26.2 Å². The average Bonchev–Trinajstić information content (AvgIpc) is 2.82. The minimum atomic E-state index is 0. The van der Waals surface area contributed by atoms with E-state index in [2.05, 4.69) is 54.9 Å². The summed E-state index contributed by atoms with van der Waals surface area (Å²) in [4.78, 5) is 0. The third-order valence-electron chi connectivity index (χ3n) is 2.34. The molecule has 1 aliphatic rings. The molecule has 0 radical (unpaired) electrons. The van der Waals surface area contributed by atoms with Gasteiger partial charge in [0.15, 0.2) is 0 Å². The van der Waals surface area contributed by atoms with E-state index in [0.717, 1.165) is 6.54 Å². The van der Waals surface area contributed by atoms with Crippen LogP contribution in [0.25, 0.3) is 16.0 Å². The maximum absolute atomic E-state index is 4.59. The van der Waals surface area contributed by atoms with Crippen molar-refractivity contribution >= 4 is 0 Å². The average molecular weight is 387 g/mol. The molecule has 1 rings (SSSR count). The van der Waals surface area contributed by atoms with Crippen molar-refractivity contribution in [3.8, 4) is 0 Å². The zero-order valence-electron chi connectivity index (χ0n) is 16.1. The monoisotopic (exact) mass is 385 g/mol. The molecule has 0 aromatic heterocycles. The molecular weight excluding hydrogens is 349 g/mol. The molecule has 0 spiro atoms. The fraction of sp³-hybridized carbons (Fsp3) is 0.722. The molecule has 3 nitrogen and oxygen atoms in total. The van der Waals surface area contributed by atoms with Crippen molar-refractivity contribution in [3.05, 3.63) is 47.2 Å². The number of nitrogens with zero attached hydrogens (tertiary/aromatic N) is 3. The quantitative estimate of drug-likeness (QED) is 0.417. The van der Waals surface area contributed by atoms with Crippen molar-refractivity contribution < 1.29 is 26.2 Å². The molecule has 128 valence electrons. The van der Waals surface area contributed by atoms with E-state index >= 15 is 0 Å². The zero-order valence-corrected chi connectivity index (χ0v) is 18.6. The molecule has 0 atom stereocenters. The molecule has 0 saturated heterocycles. The van der Waals surface area contributed by atoms with Crippen molar-refractivity contribution in [3.63, 3.8) is 0 Å². The van der Waals surface area contributed by atoms with Gasteiger partial charge in [-0.05, 0) is 12.8 Å². The maximum atomic E-state index is 4.59. The summed E-state index contributed by atoms with van der Waals surface area (Å²) in [7, 11) is 7.00. The van der Waals surface area contributed by atoms with E-state index in [1.807, 2.05) is 0 Å². The number of hydrogen-bond acceptors (Lipinski definition) is 0. The molecule has 4 heteroatoms. The van der Waals surface area contributed by atoms with Gasteiger partial charge in [0.2, 0.25) is 0 Å². The first-order valence-electron chi connectivity index (χ1n) is 7.40. The Labute approximate surface area is 159 Å². The molecule has 0 aromatic rings. The standard InChI is InChI=1S/C13H22N.2C2H6N.CH3.Zr/c1-13(2,3)14-11-7-6-10-12-8-4-5-9-12;2*1-3-2;;/h4-5,8H,6-7,9-11H2,1-3H3;2*1-2H3;1H3;/q4*-1;+4. The maximum Gasteiger partial charge on any atom is 4.00 e. The van der Waals surface area contributed by atoms with Crippen molar-refractivity contribution in [2.75, 3.05) is 34.7 Å². The topological polar surface area (TPSA) is 42.3 Å². The second-order valence-corrected chi connectivity index (χ2v) is 5.86. The Morgan fingerprint density at radius 1 is 1.00 bits per heavy atom. The summed E-state index contributed by atoms with van der Waals surface area (Å²) >= 11 is 0. The van der Waals surface area contributed by atoms with Crippen LogP contribution in [0.2, 0.25) is 0 Å². The summed E-state index contributed by atoms with van der Waals surface area (Å²) in [6.07, 6.45) is 11.6. The molecule has 1 aliphatic carbocycles. The second-order valence-electron chi connectivity index (χ2n) is 5.86. The van der Waals surface area contributed by atoms with Crippen LogP contribution in [0.15, 0.2) is 23.8 Å². The van der Waals surface area contributed by atoms with Gasteiger partial charge in [0.05, 0.1) is 0 Å². The Morgan fingerprint density at radius 2 is 1.50 bits per heavy atom. The Bertz CT molecular complexity index is 254. The summed E-state index contributed by atoms with van der Waals surface area (Å²) in [6, 6.07) is 0. The van der Waals surface area contributed by atoms with Crippen molar-refractivity contribution in [2.24, 2.45) is 0 Å². The number of unbranched alkanes of at least 4 members (excludes halogenated alkanes) is 1. The van der Waals surface area contributed by atoms with Crippen LogP contribution in [0.1, 0.15) is 46.5 Å². The van der Waals surface area contributed by atoms with E-state index in [1.165, 1.54) is 25.7 Å². The number of allylic oxidation sites excluding steroid dienone is 4. The van der Waals surface area contributed by atoms with Gasteiger partial charge in [0.1, 0.15) is 0 Å². The van der Waals surface area contributed by atoms with Crippen molar-refractivity contribution in [1.82, 2.24) is 0 Å². The van der Waals surface area contributed by atoms with Gasteiger partial charge >= 0.3 is 26.2 Å². The molecular formula is C18H37N3Zr. The number of hydrogen-bond donors (Lipinski definition) is 0. The first-order chi connectivity index (χ1) is 9.41. The summed E-state index contributed by atoms with van der Waals surface area (Å²) in [5, 5.41) is 11.6. The van der Waals surface area contributed by atoms with Gasteiger partial charge in [-0.3, -0.25) is 0 Å². The Kier molecular flexibility index (Phi) is 29.1. The van der Waals surface area contributed by atoms with Gasteiger partial charge in [-0.25, -0.2) is 0 Å². The summed E-state index contributed by atoms with van der Waals surface area (Å²) in [6.45, 7) is 7.51. The number of rotatable bonds is 5. The van der Waals surface area contributed by atoms with Crippen LogP contribution in [0.3, 0.4) is 0 Å². The summed E-state index contributed by atoms with van der Waals surface area (Å²) < 4.78 is 0. The molecule has 0 N–H and O–H groups in total. The molecule has 0 bridgehead atoms. The van der Waals surface area contributed by atoms with Gasteiger partial charge in [0, 0.05) is 0 Å². The van der Waals surface area contributed by atoms with Crippen LogP contribution in [0.5, 0.6) is 0 Å². The molecule has 0 fully saturated rings. The molecule has 0 unspecified atom stereocenters. The smallest absolute Gasteiger partial charge is 0.668 e. The summed E-state index contributed by atoms with van der Waals surface area (Å²) in [5.41, 5.74) is 1.73. The molecule has 22 heavy (non-hydrogen) atoms. The van der Waals surface area contributed by atoms with Crippen LogP contribution >= 0.6 is 0 Å². The largest absolute Gasteiger partial charge is 4.00 e. The first kappa shape index (κ1) is 30.2. The van der Waals surface area contributed by atoms with Gasteiger partial charge in [-0.1, -0.05) is 57.4 Å². The Hall–Kier alpha value is 0.243. The van der Waals surface area contributed by atoms with E-state index in [9.17, 15) is 0 Å². The fourth-order valence-electron chi connectivity index (χ4n) is 1.56. The molecule has 0 heterocycles. The van der Waals surface area contributed by atoms with Gasteiger partial charge < -0.3 is 23.4 Å². The van der Waals surface area contributed by atoms with Crippen molar-refractivity contribution in [1.29, 1.82) is 0 Å². The summed E-state index contributed by atoms with van der Waals surface area (Å²) in [5.74, 6) is 0. The Morgan fingerprint density at radius 3 is 1.86 bits per heavy atom. The molecule has 0 aromatic carbocycles. The van der Waals surface area contributed by atoms with Crippen LogP contribution in [0.4, 0.5) is 0 Å². The van der Waals surface area contributed by atoms with E-state index < -0.39 is 0 Å².